The first-order valence-electron chi connectivity index (χ1n) is 10.00. The van der Waals surface area contributed by atoms with Gasteiger partial charge < -0.3 is 15.5 Å². The van der Waals surface area contributed by atoms with Crippen molar-refractivity contribution in [2.45, 2.75) is 33.1 Å². The lowest BCUT2D eigenvalue weighted by Crippen LogP contribution is -2.28. The van der Waals surface area contributed by atoms with Crippen LogP contribution in [-0.4, -0.2) is 24.3 Å². The minimum atomic E-state index is -0.392. The average Bonchev–Trinajstić information content (AvgIpc) is 3.48. The van der Waals surface area contributed by atoms with Crippen molar-refractivity contribution in [1.29, 1.82) is 0 Å². The second kappa shape index (κ2) is 7.70. The van der Waals surface area contributed by atoms with Gasteiger partial charge in [-0.25, -0.2) is 0 Å². The number of anilines is 3. The van der Waals surface area contributed by atoms with Gasteiger partial charge in [-0.05, 0) is 68.1 Å². The molecule has 1 unspecified atom stereocenters. The Kier molecular flexibility index (Phi) is 5.09. The van der Waals surface area contributed by atoms with E-state index < -0.39 is 5.92 Å². The number of nitrogens with zero attached hydrogens (tertiary/aromatic N) is 1. The molecule has 150 valence electrons. The van der Waals surface area contributed by atoms with E-state index in [1.165, 1.54) is 0 Å². The molecule has 1 atom stereocenters. The zero-order chi connectivity index (χ0) is 20.5. The van der Waals surface area contributed by atoms with E-state index in [2.05, 4.69) is 10.6 Å². The lowest BCUT2D eigenvalue weighted by Gasteiger charge is -2.19. The number of amides is 3. The van der Waals surface area contributed by atoms with Gasteiger partial charge >= 0.3 is 0 Å². The molecule has 0 spiro atoms. The molecule has 1 saturated carbocycles. The second-order valence-corrected chi connectivity index (χ2v) is 8.03. The van der Waals surface area contributed by atoms with Crippen LogP contribution in [0, 0.1) is 25.7 Å². The van der Waals surface area contributed by atoms with Crippen molar-refractivity contribution in [2.24, 2.45) is 11.8 Å². The maximum atomic E-state index is 12.7. The number of nitrogens with one attached hydrogen (secondary N) is 2. The molecule has 1 heterocycles. The molecule has 6 heteroatoms. The van der Waals surface area contributed by atoms with Gasteiger partial charge in [0.05, 0.1) is 5.92 Å². The topological polar surface area (TPSA) is 78.5 Å². The third-order valence-electron chi connectivity index (χ3n) is 5.52. The third kappa shape index (κ3) is 4.31. The molecule has 4 rings (SSSR count). The highest BCUT2D eigenvalue weighted by Crippen LogP contribution is 2.31. The predicted molar refractivity (Wildman–Crippen MR) is 113 cm³/mol. The zero-order valence-electron chi connectivity index (χ0n) is 16.7. The largest absolute Gasteiger partial charge is 0.326 e. The van der Waals surface area contributed by atoms with E-state index in [1.54, 1.807) is 29.2 Å². The maximum absolute atomic E-state index is 12.7. The fraction of sp³-hybridized carbons (Fsp3) is 0.348. The van der Waals surface area contributed by atoms with Crippen molar-refractivity contribution in [3.8, 4) is 0 Å². The quantitative estimate of drug-likeness (QED) is 0.817. The van der Waals surface area contributed by atoms with Crippen molar-refractivity contribution in [3.63, 3.8) is 0 Å². The Hall–Kier alpha value is -3.15. The maximum Gasteiger partial charge on any atom is 0.229 e. The highest BCUT2D eigenvalue weighted by molar-refractivity contribution is 6.04. The van der Waals surface area contributed by atoms with E-state index in [-0.39, 0.29) is 30.1 Å². The summed E-state index contributed by atoms with van der Waals surface area (Å²) < 4.78 is 0. The molecule has 1 aliphatic heterocycles. The van der Waals surface area contributed by atoms with Gasteiger partial charge in [0.15, 0.2) is 0 Å². The monoisotopic (exact) mass is 391 g/mol. The number of rotatable bonds is 5. The Bertz CT molecular complexity index is 964. The van der Waals surface area contributed by atoms with Gasteiger partial charge in [-0.1, -0.05) is 12.1 Å². The SMILES string of the molecule is Cc1ccc(C)c(N2CC(C(=O)Nc3ccc(NC(=O)C4CC4)cc3)CC2=O)c1. The smallest absolute Gasteiger partial charge is 0.229 e. The molecule has 0 bridgehead atoms. The summed E-state index contributed by atoms with van der Waals surface area (Å²) in [6, 6.07) is 13.1. The summed E-state index contributed by atoms with van der Waals surface area (Å²) in [6.07, 6.45) is 2.12. The fourth-order valence-electron chi connectivity index (χ4n) is 3.60. The highest BCUT2D eigenvalue weighted by atomic mass is 16.2. The van der Waals surface area contributed by atoms with Crippen LogP contribution >= 0.6 is 0 Å². The minimum absolute atomic E-state index is 0.0306. The van der Waals surface area contributed by atoms with Gasteiger partial charge in [0.25, 0.3) is 0 Å². The molecule has 0 aromatic heterocycles. The molecule has 29 heavy (non-hydrogen) atoms. The van der Waals surface area contributed by atoms with Gasteiger partial charge in [0.1, 0.15) is 0 Å². The first kappa shape index (κ1) is 19.2. The summed E-state index contributed by atoms with van der Waals surface area (Å²) in [7, 11) is 0. The summed E-state index contributed by atoms with van der Waals surface area (Å²) in [5.41, 5.74) is 4.35. The fourth-order valence-corrected chi connectivity index (χ4v) is 3.60. The molecule has 2 fully saturated rings. The minimum Gasteiger partial charge on any atom is -0.326 e. The summed E-state index contributed by atoms with van der Waals surface area (Å²) in [5.74, 6) is -0.387. The Labute approximate surface area is 170 Å². The van der Waals surface area contributed by atoms with Crippen molar-refractivity contribution in [2.75, 3.05) is 22.1 Å². The normalized spacial score (nSPS) is 18.6. The second-order valence-electron chi connectivity index (χ2n) is 8.03. The Balaban J connectivity index is 1.38. The summed E-state index contributed by atoms with van der Waals surface area (Å²) in [6.45, 7) is 4.34. The van der Waals surface area contributed by atoms with Crippen LogP contribution in [0.15, 0.2) is 42.5 Å². The van der Waals surface area contributed by atoms with Crippen LogP contribution in [0.3, 0.4) is 0 Å². The molecule has 2 aliphatic rings. The van der Waals surface area contributed by atoms with E-state index in [0.717, 1.165) is 35.3 Å². The summed E-state index contributed by atoms with van der Waals surface area (Å²) in [5, 5.41) is 5.76. The Morgan fingerprint density at radius 1 is 0.897 bits per heavy atom. The first-order valence-corrected chi connectivity index (χ1v) is 10.00. The molecular formula is C23H25N3O3. The molecular weight excluding hydrogens is 366 g/mol. The molecule has 2 N–H and O–H groups in total. The van der Waals surface area contributed by atoms with Crippen LogP contribution in [0.5, 0.6) is 0 Å². The number of carbonyl (C=O) groups is 3. The van der Waals surface area contributed by atoms with Crippen LogP contribution in [0.2, 0.25) is 0 Å². The van der Waals surface area contributed by atoms with E-state index in [0.29, 0.717) is 12.2 Å². The number of benzene rings is 2. The lowest BCUT2D eigenvalue weighted by molar-refractivity contribution is -0.122. The molecule has 1 aliphatic carbocycles. The van der Waals surface area contributed by atoms with Gasteiger partial charge in [0, 0.05) is 35.9 Å². The van der Waals surface area contributed by atoms with E-state index in [4.69, 9.17) is 0 Å². The van der Waals surface area contributed by atoms with Gasteiger partial charge in [0.2, 0.25) is 17.7 Å². The number of carbonyl (C=O) groups excluding carboxylic acids is 3. The van der Waals surface area contributed by atoms with Crippen LogP contribution in [0.1, 0.15) is 30.4 Å². The van der Waals surface area contributed by atoms with Crippen molar-refractivity contribution in [1.82, 2.24) is 0 Å². The standard InChI is InChI=1S/C23H25N3O3/c1-14-3-4-15(2)20(11-14)26-13-17(12-21(26)27)23(29)25-19-9-7-18(8-10-19)24-22(28)16-5-6-16/h3-4,7-11,16-17H,5-6,12-13H2,1-2H3,(H,24,28)(H,25,29). The van der Waals surface area contributed by atoms with Crippen LogP contribution in [0.4, 0.5) is 17.1 Å². The molecule has 1 saturated heterocycles. The van der Waals surface area contributed by atoms with Crippen molar-refractivity contribution < 1.29 is 14.4 Å². The number of hydrogen-bond donors (Lipinski definition) is 2. The van der Waals surface area contributed by atoms with Crippen LogP contribution < -0.4 is 15.5 Å². The van der Waals surface area contributed by atoms with Gasteiger partial charge in [-0.2, -0.15) is 0 Å². The molecule has 6 nitrogen and oxygen atoms in total. The van der Waals surface area contributed by atoms with Gasteiger partial charge in [-0.3, -0.25) is 14.4 Å². The highest BCUT2D eigenvalue weighted by Gasteiger charge is 2.35. The number of hydrogen-bond acceptors (Lipinski definition) is 3. The average molecular weight is 391 g/mol. The van der Waals surface area contributed by atoms with Crippen LogP contribution in [0.25, 0.3) is 0 Å². The predicted octanol–water partition coefficient (Wildman–Crippen LogP) is 3.64. The van der Waals surface area contributed by atoms with E-state index in [1.807, 2.05) is 32.0 Å². The molecule has 2 aromatic rings. The lowest BCUT2D eigenvalue weighted by atomic mass is 10.1. The summed E-state index contributed by atoms with van der Waals surface area (Å²) in [4.78, 5) is 38.7. The third-order valence-corrected chi connectivity index (χ3v) is 5.52. The molecule has 3 amide bonds. The number of aryl methyl sites for hydroxylation is 2. The van der Waals surface area contributed by atoms with Crippen molar-refractivity contribution in [3.05, 3.63) is 53.6 Å². The first-order chi connectivity index (χ1) is 13.9. The molecule has 2 aromatic carbocycles. The zero-order valence-corrected chi connectivity index (χ0v) is 16.7. The van der Waals surface area contributed by atoms with E-state index in [9.17, 15) is 14.4 Å². The van der Waals surface area contributed by atoms with Gasteiger partial charge in [-0.15, -0.1) is 0 Å². The van der Waals surface area contributed by atoms with E-state index >= 15 is 0 Å². The van der Waals surface area contributed by atoms with Crippen molar-refractivity contribution >= 4 is 34.8 Å². The van der Waals surface area contributed by atoms with Crippen LogP contribution in [-0.2, 0) is 14.4 Å². The Morgan fingerprint density at radius 2 is 1.48 bits per heavy atom. The Morgan fingerprint density at radius 3 is 2.07 bits per heavy atom. The summed E-state index contributed by atoms with van der Waals surface area (Å²) >= 11 is 0. The molecule has 0 radical (unpaired) electrons.